The number of carbonyl (C=O) groups excluding carboxylic acids is 1. The maximum absolute atomic E-state index is 12.3. The van der Waals surface area contributed by atoms with Crippen LogP contribution in [-0.2, 0) is 0 Å². The van der Waals surface area contributed by atoms with Gasteiger partial charge in [-0.3, -0.25) is 4.79 Å². The van der Waals surface area contributed by atoms with Gasteiger partial charge < -0.3 is 10.4 Å². The highest BCUT2D eigenvalue weighted by molar-refractivity contribution is 6.35. The van der Waals surface area contributed by atoms with Crippen LogP contribution in [0.4, 0.5) is 5.69 Å². The predicted octanol–water partition coefficient (Wildman–Crippen LogP) is 3.55. The second-order valence-corrected chi connectivity index (χ2v) is 5.26. The summed E-state index contributed by atoms with van der Waals surface area (Å²) in [6.07, 6.45) is 0. The maximum atomic E-state index is 12.3. The predicted molar refractivity (Wildman–Crippen MR) is 85.3 cm³/mol. The molecule has 1 heterocycles. The molecule has 2 N–H and O–H groups in total. The lowest BCUT2D eigenvalue weighted by Gasteiger charge is -2.08. The molecule has 0 aliphatic carbocycles. The summed E-state index contributed by atoms with van der Waals surface area (Å²) in [6, 6.07) is 12.3. The number of rotatable bonds is 2. The molecule has 0 bridgehead atoms. The Morgan fingerprint density at radius 2 is 1.95 bits per heavy atom. The summed E-state index contributed by atoms with van der Waals surface area (Å²) in [6.45, 7) is 1.92. The van der Waals surface area contributed by atoms with Crippen LogP contribution >= 0.6 is 11.6 Å². The topological polar surface area (TPSA) is 75.1 Å². The van der Waals surface area contributed by atoms with Crippen molar-refractivity contribution < 1.29 is 9.90 Å². The van der Waals surface area contributed by atoms with Gasteiger partial charge in [-0.05, 0) is 36.8 Å². The Balaban J connectivity index is 1.99. The number of benzene rings is 2. The van der Waals surface area contributed by atoms with Gasteiger partial charge in [-0.25, -0.2) is 0 Å². The van der Waals surface area contributed by atoms with Crippen molar-refractivity contribution in [3.63, 3.8) is 0 Å². The van der Waals surface area contributed by atoms with E-state index in [-0.39, 0.29) is 11.4 Å². The average Bonchev–Trinajstić information content (AvgIpc) is 2.48. The molecule has 0 spiro atoms. The third-order valence-corrected chi connectivity index (χ3v) is 3.51. The molecule has 5 nitrogen and oxygen atoms in total. The van der Waals surface area contributed by atoms with E-state index in [0.717, 1.165) is 5.56 Å². The molecule has 0 fully saturated rings. The lowest BCUT2D eigenvalue weighted by molar-refractivity contribution is 0.101. The third-order valence-electron chi connectivity index (χ3n) is 3.21. The molecule has 3 rings (SSSR count). The van der Waals surface area contributed by atoms with Crippen LogP contribution in [0, 0.1) is 6.92 Å². The Kier molecular flexibility index (Phi) is 3.65. The minimum atomic E-state index is -0.530. The number of amides is 1. The van der Waals surface area contributed by atoms with Crippen LogP contribution in [-0.4, -0.2) is 21.2 Å². The highest BCUT2D eigenvalue weighted by atomic mass is 35.5. The number of hydrogen-bond acceptors (Lipinski definition) is 4. The molecule has 0 unspecified atom stereocenters. The summed E-state index contributed by atoms with van der Waals surface area (Å²) < 4.78 is 0. The maximum Gasteiger partial charge on any atom is 0.280 e. The Hall–Kier alpha value is -2.66. The summed E-state index contributed by atoms with van der Waals surface area (Å²) in [5.74, 6) is -0.768. The molecule has 0 aliphatic heterocycles. The first-order chi connectivity index (χ1) is 10.6. The van der Waals surface area contributed by atoms with Crippen molar-refractivity contribution in [1.29, 1.82) is 0 Å². The number of aromatic hydroxyl groups is 1. The van der Waals surface area contributed by atoms with E-state index < -0.39 is 5.91 Å². The minimum absolute atomic E-state index is 0.142. The van der Waals surface area contributed by atoms with Crippen LogP contribution < -0.4 is 5.32 Å². The second kappa shape index (κ2) is 5.61. The number of fused-ring (bicyclic) bond motifs is 1. The van der Waals surface area contributed by atoms with Gasteiger partial charge in [0.2, 0.25) is 0 Å². The monoisotopic (exact) mass is 313 g/mol. The van der Waals surface area contributed by atoms with E-state index in [1.165, 1.54) is 0 Å². The van der Waals surface area contributed by atoms with Crippen LogP contribution in [0.2, 0.25) is 5.02 Å². The quantitative estimate of drug-likeness (QED) is 0.758. The van der Waals surface area contributed by atoms with Crippen LogP contribution in [0.3, 0.4) is 0 Å². The fourth-order valence-corrected chi connectivity index (χ4v) is 2.36. The van der Waals surface area contributed by atoms with Gasteiger partial charge in [0.25, 0.3) is 5.91 Å². The molecule has 0 aliphatic rings. The number of anilines is 1. The fourth-order valence-electron chi connectivity index (χ4n) is 2.15. The summed E-state index contributed by atoms with van der Waals surface area (Å²) in [4.78, 5) is 12.3. The Morgan fingerprint density at radius 3 is 2.73 bits per heavy atom. The lowest BCUT2D eigenvalue weighted by Crippen LogP contribution is -2.15. The highest BCUT2D eigenvalue weighted by Crippen LogP contribution is 2.30. The number of hydrogen-bond donors (Lipinski definition) is 2. The van der Waals surface area contributed by atoms with Gasteiger partial charge in [-0.2, -0.15) is 0 Å². The van der Waals surface area contributed by atoms with Gasteiger partial charge in [0.1, 0.15) is 5.52 Å². The normalized spacial score (nSPS) is 10.6. The van der Waals surface area contributed by atoms with Gasteiger partial charge in [0.05, 0.1) is 5.02 Å². The van der Waals surface area contributed by atoms with Crippen molar-refractivity contribution in [1.82, 2.24) is 10.2 Å². The lowest BCUT2D eigenvalue weighted by atomic mass is 10.1. The summed E-state index contributed by atoms with van der Waals surface area (Å²) >= 11 is 5.99. The molecule has 6 heteroatoms. The zero-order valence-electron chi connectivity index (χ0n) is 11.7. The first-order valence-electron chi connectivity index (χ1n) is 6.58. The van der Waals surface area contributed by atoms with Crippen LogP contribution in [0.1, 0.15) is 16.1 Å². The Labute approximate surface area is 131 Å². The van der Waals surface area contributed by atoms with Gasteiger partial charge in [0.15, 0.2) is 11.4 Å². The SMILES string of the molecule is Cc1cccc(NC(=O)c2nnc3c(Cl)cccc3c2O)c1. The van der Waals surface area contributed by atoms with Crippen molar-refractivity contribution >= 4 is 34.1 Å². The standard InChI is InChI=1S/C16H12ClN3O2/c1-9-4-2-5-10(8-9)18-16(22)14-15(21)11-6-3-7-12(17)13(11)19-20-14/h2-8H,1H3,(H,18,22)(H,19,21). The first kappa shape index (κ1) is 14.3. The van der Waals surface area contributed by atoms with E-state index in [2.05, 4.69) is 15.5 Å². The van der Waals surface area contributed by atoms with Crippen LogP contribution in [0.25, 0.3) is 10.9 Å². The van der Waals surface area contributed by atoms with E-state index in [1.807, 2.05) is 25.1 Å². The van der Waals surface area contributed by atoms with E-state index in [4.69, 9.17) is 11.6 Å². The van der Waals surface area contributed by atoms with Crippen LogP contribution in [0.5, 0.6) is 5.75 Å². The number of halogens is 1. The zero-order chi connectivity index (χ0) is 15.7. The Bertz CT molecular complexity index is 880. The number of aromatic nitrogens is 2. The largest absolute Gasteiger partial charge is 0.505 e. The van der Waals surface area contributed by atoms with Crippen molar-refractivity contribution in [3.8, 4) is 5.75 Å². The highest BCUT2D eigenvalue weighted by Gasteiger charge is 2.18. The molecular formula is C16H12ClN3O2. The van der Waals surface area contributed by atoms with Gasteiger partial charge >= 0.3 is 0 Å². The third kappa shape index (κ3) is 2.58. The summed E-state index contributed by atoms with van der Waals surface area (Å²) in [5.41, 5.74) is 1.85. The van der Waals surface area contributed by atoms with E-state index >= 15 is 0 Å². The zero-order valence-corrected chi connectivity index (χ0v) is 12.4. The van der Waals surface area contributed by atoms with E-state index in [1.54, 1.807) is 24.3 Å². The molecule has 22 heavy (non-hydrogen) atoms. The molecule has 1 aromatic heterocycles. The Morgan fingerprint density at radius 1 is 1.18 bits per heavy atom. The van der Waals surface area contributed by atoms with Crippen molar-refractivity contribution in [2.24, 2.45) is 0 Å². The summed E-state index contributed by atoms with van der Waals surface area (Å²) in [7, 11) is 0. The van der Waals surface area contributed by atoms with Crippen molar-refractivity contribution in [2.45, 2.75) is 6.92 Å². The smallest absolute Gasteiger partial charge is 0.280 e. The number of nitrogens with zero attached hydrogens (tertiary/aromatic N) is 2. The van der Waals surface area contributed by atoms with Crippen LogP contribution in [0.15, 0.2) is 42.5 Å². The van der Waals surface area contributed by atoms with Crippen molar-refractivity contribution in [2.75, 3.05) is 5.32 Å². The summed E-state index contributed by atoms with van der Waals surface area (Å²) in [5, 5.41) is 21.4. The average molecular weight is 314 g/mol. The molecular weight excluding hydrogens is 302 g/mol. The second-order valence-electron chi connectivity index (χ2n) is 4.86. The molecule has 3 aromatic rings. The van der Waals surface area contributed by atoms with E-state index in [0.29, 0.717) is 21.6 Å². The molecule has 0 saturated heterocycles. The minimum Gasteiger partial charge on any atom is -0.505 e. The van der Waals surface area contributed by atoms with Gasteiger partial charge in [0, 0.05) is 11.1 Å². The van der Waals surface area contributed by atoms with Crippen molar-refractivity contribution in [3.05, 3.63) is 58.7 Å². The number of aryl methyl sites for hydroxylation is 1. The van der Waals surface area contributed by atoms with E-state index in [9.17, 15) is 9.90 Å². The molecule has 0 radical (unpaired) electrons. The van der Waals surface area contributed by atoms with Gasteiger partial charge in [-0.1, -0.05) is 29.8 Å². The number of carbonyl (C=O) groups is 1. The molecule has 2 aromatic carbocycles. The molecule has 0 atom stereocenters. The number of nitrogens with one attached hydrogen (secondary N) is 1. The molecule has 110 valence electrons. The molecule has 1 amide bonds. The first-order valence-corrected chi connectivity index (χ1v) is 6.96. The van der Waals surface area contributed by atoms with Gasteiger partial charge in [-0.15, -0.1) is 10.2 Å². The fraction of sp³-hybridized carbons (Fsp3) is 0.0625. The molecule has 0 saturated carbocycles.